The Bertz CT molecular complexity index is 343. The predicted octanol–water partition coefficient (Wildman–Crippen LogP) is 2.39. The molecular formula is C13H21N3. The standard InChI is InChI=1S/C13H21N3/c1-4-16(9-11(3)13(14)15)12-7-5-10(2)6-8-12/h5-8,11H,4,9H2,1-3H3,(H3,14,15). The van der Waals surface area contributed by atoms with Gasteiger partial charge in [0.2, 0.25) is 0 Å². The molecule has 0 aliphatic heterocycles. The number of hydrogen-bond donors (Lipinski definition) is 2. The Hall–Kier alpha value is -1.51. The number of anilines is 1. The molecule has 3 heteroatoms. The van der Waals surface area contributed by atoms with E-state index in [1.165, 1.54) is 11.3 Å². The van der Waals surface area contributed by atoms with E-state index in [0.29, 0.717) is 0 Å². The molecule has 0 radical (unpaired) electrons. The van der Waals surface area contributed by atoms with Crippen molar-refractivity contribution in [3.8, 4) is 0 Å². The second kappa shape index (κ2) is 5.54. The molecule has 0 amide bonds. The van der Waals surface area contributed by atoms with Crippen molar-refractivity contribution in [3.05, 3.63) is 29.8 Å². The van der Waals surface area contributed by atoms with Gasteiger partial charge in [0, 0.05) is 24.7 Å². The molecule has 0 aromatic heterocycles. The maximum atomic E-state index is 7.42. The van der Waals surface area contributed by atoms with E-state index >= 15 is 0 Å². The molecule has 3 nitrogen and oxygen atoms in total. The fourth-order valence-corrected chi connectivity index (χ4v) is 1.60. The van der Waals surface area contributed by atoms with E-state index in [-0.39, 0.29) is 11.8 Å². The van der Waals surface area contributed by atoms with Crippen LogP contribution in [-0.2, 0) is 0 Å². The van der Waals surface area contributed by atoms with E-state index in [0.717, 1.165) is 13.1 Å². The number of nitrogens with zero attached hydrogens (tertiary/aromatic N) is 1. The van der Waals surface area contributed by atoms with E-state index in [9.17, 15) is 0 Å². The first-order valence-electron chi connectivity index (χ1n) is 5.70. The summed E-state index contributed by atoms with van der Waals surface area (Å²) in [6, 6.07) is 8.45. The van der Waals surface area contributed by atoms with Crippen LogP contribution < -0.4 is 10.6 Å². The summed E-state index contributed by atoms with van der Waals surface area (Å²) in [6.07, 6.45) is 0. The minimum absolute atomic E-state index is 0.0984. The quantitative estimate of drug-likeness (QED) is 0.590. The van der Waals surface area contributed by atoms with Gasteiger partial charge in [0.05, 0.1) is 5.84 Å². The zero-order valence-corrected chi connectivity index (χ0v) is 10.3. The number of rotatable bonds is 5. The van der Waals surface area contributed by atoms with Gasteiger partial charge in [-0.05, 0) is 26.0 Å². The lowest BCUT2D eigenvalue weighted by atomic mass is 10.1. The number of nitrogens with two attached hydrogens (primary N) is 1. The summed E-state index contributed by atoms with van der Waals surface area (Å²) in [6.45, 7) is 7.92. The smallest absolute Gasteiger partial charge is 0.0952 e. The Balaban J connectivity index is 2.74. The number of nitrogens with one attached hydrogen (secondary N) is 1. The lowest BCUT2D eigenvalue weighted by Gasteiger charge is -2.26. The summed E-state index contributed by atoms with van der Waals surface area (Å²) in [7, 11) is 0. The molecule has 0 heterocycles. The minimum atomic E-state index is 0.0984. The topological polar surface area (TPSA) is 53.1 Å². The van der Waals surface area contributed by atoms with Crippen LogP contribution in [0, 0.1) is 18.3 Å². The second-order valence-corrected chi connectivity index (χ2v) is 4.23. The molecular weight excluding hydrogens is 198 g/mol. The van der Waals surface area contributed by atoms with Gasteiger partial charge in [-0.2, -0.15) is 0 Å². The van der Waals surface area contributed by atoms with Crippen molar-refractivity contribution in [3.63, 3.8) is 0 Å². The molecule has 0 aliphatic rings. The molecule has 0 bridgehead atoms. The van der Waals surface area contributed by atoms with Crippen LogP contribution >= 0.6 is 0 Å². The molecule has 0 fully saturated rings. The molecule has 3 N–H and O–H groups in total. The molecule has 16 heavy (non-hydrogen) atoms. The number of amidine groups is 1. The molecule has 88 valence electrons. The first kappa shape index (κ1) is 12.6. The third kappa shape index (κ3) is 3.26. The molecule has 1 unspecified atom stereocenters. The average Bonchev–Trinajstić information content (AvgIpc) is 2.26. The number of aryl methyl sites for hydroxylation is 1. The first-order valence-corrected chi connectivity index (χ1v) is 5.70. The summed E-state index contributed by atoms with van der Waals surface area (Å²) < 4.78 is 0. The highest BCUT2D eigenvalue weighted by atomic mass is 15.1. The van der Waals surface area contributed by atoms with Gasteiger partial charge in [-0.3, -0.25) is 5.41 Å². The summed E-state index contributed by atoms with van der Waals surface area (Å²) in [5, 5.41) is 7.42. The maximum absolute atomic E-state index is 7.42. The van der Waals surface area contributed by atoms with Crippen molar-refractivity contribution < 1.29 is 0 Å². The summed E-state index contributed by atoms with van der Waals surface area (Å²) >= 11 is 0. The van der Waals surface area contributed by atoms with E-state index < -0.39 is 0 Å². The Labute approximate surface area is 97.8 Å². The molecule has 0 spiro atoms. The molecule has 0 saturated heterocycles. The fourth-order valence-electron chi connectivity index (χ4n) is 1.60. The monoisotopic (exact) mass is 219 g/mol. The van der Waals surface area contributed by atoms with Crippen LogP contribution in [-0.4, -0.2) is 18.9 Å². The van der Waals surface area contributed by atoms with Crippen LogP contribution in [0.15, 0.2) is 24.3 Å². The maximum Gasteiger partial charge on any atom is 0.0952 e. The summed E-state index contributed by atoms with van der Waals surface area (Å²) in [5.41, 5.74) is 7.96. The highest BCUT2D eigenvalue weighted by Crippen LogP contribution is 2.16. The van der Waals surface area contributed by atoms with Crippen LogP contribution in [0.4, 0.5) is 5.69 Å². The van der Waals surface area contributed by atoms with Gasteiger partial charge in [0.15, 0.2) is 0 Å². The van der Waals surface area contributed by atoms with Gasteiger partial charge in [0.1, 0.15) is 0 Å². The van der Waals surface area contributed by atoms with E-state index in [4.69, 9.17) is 11.1 Å². The molecule has 0 saturated carbocycles. The Morgan fingerprint density at radius 1 is 1.38 bits per heavy atom. The molecule has 1 atom stereocenters. The van der Waals surface area contributed by atoms with Crippen molar-refractivity contribution >= 4 is 11.5 Å². The van der Waals surface area contributed by atoms with Crippen molar-refractivity contribution in [1.82, 2.24) is 0 Å². The molecule has 1 aromatic carbocycles. The third-order valence-electron chi connectivity index (χ3n) is 2.81. The van der Waals surface area contributed by atoms with E-state index in [2.05, 4.69) is 43.0 Å². The highest BCUT2D eigenvalue weighted by Gasteiger charge is 2.11. The van der Waals surface area contributed by atoms with Crippen LogP contribution in [0.25, 0.3) is 0 Å². The van der Waals surface area contributed by atoms with Crippen LogP contribution in [0.3, 0.4) is 0 Å². The number of benzene rings is 1. The zero-order valence-electron chi connectivity index (χ0n) is 10.3. The second-order valence-electron chi connectivity index (χ2n) is 4.23. The van der Waals surface area contributed by atoms with Gasteiger partial charge in [-0.1, -0.05) is 24.6 Å². The molecule has 1 aromatic rings. The lowest BCUT2D eigenvalue weighted by Crippen LogP contribution is -2.34. The van der Waals surface area contributed by atoms with Gasteiger partial charge in [0.25, 0.3) is 0 Å². The normalized spacial score (nSPS) is 12.2. The third-order valence-corrected chi connectivity index (χ3v) is 2.81. The van der Waals surface area contributed by atoms with Gasteiger partial charge >= 0.3 is 0 Å². The van der Waals surface area contributed by atoms with Gasteiger partial charge < -0.3 is 10.6 Å². The summed E-state index contributed by atoms with van der Waals surface area (Å²) in [5.74, 6) is 0.354. The zero-order chi connectivity index (χ0) is 12.1. The molecule has 0 aliphatic carbocycles. The van der Waals surface area contributed by atoms with Gasteiger partial charge in [-0.15, -0.1) is 0 Å². The van der Waals surface area contributed by atoms with E-state index in [1.807, 2.05) is 6.92 Å². The Morgan fingerprint density at radius 3 is 2.38 bits per heavy atom. The highest BCUT2D eigenvalue weighted by molar-refractivity contribution is 5.79. The van der Waals surface area contributed by atoms with Crippen molar-refractivity contribution in [1.29, 1.82) is 5.41 Å². The van der Waals surface area contributed by atoms with Crippen LogP contribution in [0.5, 0.6) is 0 Å². The lowest BCUT2D eigenvalue weighted by molar-refractivity contribution is 0.697. The molecule has 1 rings (SSSR count). The first-order chi connectivity index (χ1) is 7.54. The van der Waals surface area contributed by atoms with Crippen molar-refractivity contribution in [2.45, 2.75) is 20.8 Å². The van der Waals surface area contributed by atoms with Gasteiger partial charge in [-0.25, -0.2) is 0 Å². The van der Waals surface area contributed by atoms with Crippen molar-refractivity contribution in [2.24, 2.45) is 11.7 Å². The van der Waals surface area contributed by atoms with Crippen LogP contribution in [0.1, 0.15) is 19.4 Å². The minimum Gasteiger partial charge on any atom is -0.387 e. The van der Waals surface area contributed by atoms with Crippen LogP contribution in [0.2, 0.25) is 0 Å². The summed E-state index contributed by atoms with van der Waals surface area (Å²) in [4.78, 5) is 2.24. The predicted molar refractivity (Wildman–Crippen MR) is 70.1 cm³/mol. The Morgan fingerprint density at radius 2 is 1.94 bits per heavy atom. The largest absolute Gasteiger partial charge is 0.387 e. The van der Waals surface area contributed by atoms with Crippen molar-refractivity contribution in [2.75, 3.05) is 18.0 Å². The number of hydrogen-bond acceptors (Lipinski definition) is 2. The SMILES string of the molecule is CCN(CC(C)C(=N)N)c1ccc(C)cc1. The average molecular weight is 219 g/mol. The van der Waals surface area contributed by atoms with E-state index in [1.54, 1.807) is 0 Å². The Kier molecular flexibility index (Phi) is 4.35. The fraction of sp³-hybridized carbons (Fsp3) is 0.462.